The molecule has 0 spiro atoms. The summed E-state index contributed by atoms with van der Waals surface area (Å²) in [5.41, 5.74) is 6.35. The molecule has 142 valence electrons. The highest BCUT2D eigenvalue weighted by Gasteiger charge is 2.12. The Kier molecular flexibility index (Phi) is 5.21. The predicted octanol–water partition coefficient (Wildman–Crippen LogP) is 4.51. The van der Waals surface area contributed by atoms with Crippen molar-refractivity contribution in [2.24, 2.45) is 12.1 Å². The summed E-state index contributed by atoms with van der Waals surface area (Å²) in [7, 11) is 1.96. The molecule has 0 amide bonds. The third-order valence-electron chi connectivity index (χ3n) is 4.29. The summed E-state index contributed by atoms with van der Waals surface area (Å²) < 4.78 is 8.56. The molecule has 0 atom stereocenters. The topological polar surface area (TPSA) is 77.2 Å². The van der Waals surface area contributed by atoms with Crippen LogP contribution >= 0.6 is 15.9 Å². The summed E-state index contributed by atoms with van der Waals surface area (Å²) >= 11 is 3.50. The van der Waals surface area contributed by atoms with Crippen LogP contribution in [0.4, 0.5) is 5.95 Å². The van der Waals surface area contributed by atoms with E-state index in [0.29, 0.717) is 12.6 Å². The van der Waals surface area contributed by atoms with E-state index < -0.39 is 0 Å². The lowest BCUT2D eigenvalue weighted by Crippen LogP contribution is -2.01. The molecule has 0 radical (unpaired) electrons. The standard InChI is InChI=1S/C20H19BrN6O/c1-3-10-28-15-7-4-13(5-8-15)12-22-25-20-23-19-18(24-26-20)16-11-14(21)6-9-17(16)27(19)2/h4-9,11-12H,3,10H2,1-2H3,(H,23,25,26)/b22-12+. The van der Waals surface area contributed by atoms with Crippen LogP contribution in [-0.2, 0) is 7.05 Å². The molecule has 7 nitrogen and oxygen atoms in total. The maximum atomic E-state index is 5.57. The largest absolute Gasteiger partial charge is 0.494 e. The Hall–Kier alpha value is -3.00. The molecule has 4 rings (SSSR count). The summed E-state index contributed by atoms with van der Waals surface area (Å²) in [6.45, 7) is 2.80. The van der Waals surface area contributed by atoms with Gasteiger partial charge in [0.25, 0.3) is 5.95 Å². The maximum Gasteiger partial charge on any atom is 0.265 e. The van der Waals surface area contributed by atoms with E-state index in [4.69, 9.17) is 4.74 Å². The number of nitrogens with one attached hydrogen (secondary N) is 1. The smallest absolute Gasteiger partial charge is 0.265 e. The quantitative estimate of drug-likeness (QED) is 0.353. The number of benzene rings is 2. The van der Waals surface area contributed by atoms with Gasteiger partial charge in [-0.1, -0.05) is 22.9 Å². The molecule has 0 aliphatic rings. The predicted molar refractivity (Wildman–Crippen MR) is 115 cm³/mol. The lowest BCUT2D eigenvalue weighted by Gasteiger charge is -2.03. The highest BCUT2D eigenvalue weighted by molar-refractivity contribution is 9.10. The van der Waals surface area contributed by atoms with E-state index in [2.05, 4.69) is 48.6 Å². The first-order valence-electron chi connectivity index (χ1n) is 8.96. The van der Waals surface area contributed by atoms with E-state index in [0.717, 1.165) is 44.3 Å². The first-order valence-corrected chi connectivity index (χ1v) is 9.75. The van der Waals surface area contributed by atoms with Gasteiger partial charge in [0.15, 0.2) is 5.65 Å². The zero-order chi connectivity index (χ0) is 19.5. The second kappa shape index (κ2) is 7.93. The third-order valence-corrected chi connectivity index (χ3v) is 4.79. The van der Waals surface area contributed by atoms with E-state index in [1.807, 2.05) is 54.1 Å². The van der Waals surface area contributed by atoms with Crippen molar-refractivity contribution in [3.8, 4) is 5.75 Å². The summed E-state index contributed by atoms with van der Waals surface area (Å²) in [5.74, 6) is 1.20. The van der Waals surface area contributed by atoms with Crippen molar-refractivity contribution in [2.75, 3.05) is 12.0 Å². The second-order valence-electron chi connectivity index (χ2n) is 6.32. The fourth-order valence-electron chi connectivity index (χ4n) is 2.91. The van der Waals surface area contributed by atoms with Gasteiger partial charge in [-0.2, -0.15) is 10.1 Å². The van der Waals surface area contributed by atoms with Crippen molar-refractivity contribution in [3.63, 3.8) is 0 Å². The Morgan fingerprint density at radius 1 is 1.18 bits per heavy atom. The molecule has 8 heteroatoms. The first-order chi connectivity index (χ1) is 13.7. The molecule has 0 saturated carbocycles. The zero-order valence-electron chi connectivity index (χ0n) is 15.6. The Bertz CT molecular complexity index is 1150. The molecule has 0 fully saturated rings. The van der Waals surface area contributed by atoms with Gasteiger partial charge in [0, 0.05) is 16.9 Å². The highest BCUT2D eigenvalue weighted by atomic mass is 79.9. The van der Waals surface area contributed by atoms with Gasteiger partial charge in [-0.15, -0.1) is 10.2 Å². The third kappa shape index (κ3) is 3.68. The minimum Gasteiger partial charge on any atom is -0.494 e. The van der Waals surface area contributed by atoms with Crippen molar-refractivity contribution < 1.29 is 4.74 Å². The fraction of sp³-hybridized carbons (Fsp3) is 0.200. The molecule has 0 bridgehead atoms. The van der Waals surface area contributed by atoms with Crippen LogP contribution in [0.1, 0.15) is 18.9 Å². The van der Waals surface area contributed by atoms with Gasteiger partial charge >= 0.3 is 0 Å². The molecule has 0 aliphatic heterocycles. The lowest BCUT2D eigenvalue weighted by molar-refractivity contribution is 0.317. The number of ether oxygens (including phenoxy) is 1. The molecule has 28 heavy (non-hydrogen) atoms. The van der Waals surface area contributed by atoms with Crippen LogP contribution in [0.15, 0.2) is 52.0 Å². The molecule has 1 N–H and O–H groups in total. The normalized spacial score (nSPS) is 11.5. The number of halogens is 1. The van der Waals surface area contributed by atoms with Gasteiger partial charge in [-0.25, -0.2) is 5.43 Å². The number of hydrogen-bond acceptors (Lipinski definition) is 6. The number of hydrazone groups is 1. The average molecular weight is 439 g/mol. The van der Waals surface area contributed by atoms with E-state index >= 15 is 0 Å². The summed E-state index contributed by atoms with van der Waals surface area (Å²) in [5, 5.41) is 13.7. The Balaban J connectivity index is 1.52. The van der Waals surface area contributed by atoms with Crippen LogP contribution in [0, 0.1) is 0 Å². The zero-order valence-corrected chi connectivity index (χ0v) is 17.1. The summed E-state index contributed by atoms with van der Waals surface area (Å²) in [6.07, 6.45) is 2.69. The molecule has 2 aromatic carbocycles. The molecule has 0 aliphatic carbocycles. The number of aryl methyl sites for hydroxylation is 1. The van der Waals surface area contributed by atoms with Crippen LogP contribution in [0.25, 0.3) is 22.1 Å². The van der Waals surface area contributed by atoms with Crippen molar-refractivity contribution in [1.29, 1.82) is 0 Å². The fourth-order valence-corrected chi connectivity index (χ4v) is 3.27. The molecular weight excluding hydrogens is 420 g/mol. The molecule has 2 heterocycles. The van der Waals surface area contributed by atoms with Crippen molar-refractivity contribution in [1.82, 2.24) is 19.7 Å². The lowest BCUT2D eigenvalue weighted by atomic mass is 10.2. The van der Waals surface area contributed by atoms with Gasteiger partial charge < -0.3 is 9.30 Å². The average Bonchev–Trinajstić information content (AvgIpc) is 2.98. The number of rotatable bonds is 6. The van der Waals surface area contributed by atoms with E-state index in [1.165, 1.54) is 0 Å². The number of fused-ring (bicyclic) bond motifs is 3. The first kappa shape index (κ1) is 18.4. The monoisotopic (exact) mass is 438 g/mol. The SMILES string of the molecule is CCCOc1ccc(/C=N/Nc2nnc3c4cc(Br)ccc4n(C)c3n2)cc1. The molecule has 2 aromatic heterocycles. The highest BCUT2D eigenvalue weighted by Crippen LogP contribution is 2.28. The van der Waals surface area contributed by atoms with E-state index in [1.54, 1.807) is 6.21 Å². The van der Waals surface area contributed by atoms with Crippen LogP contribution in [-0.4, -0.2) is 32.6 Å². The van der Waals surface area contributed by atoms with Crippen molar-refractivity contribution >= 4 is 50.2 Å². The number of hydrogen-bond donors (Lipinski definition) is 1. The van der Waals surface area contributed by atoms with Crippen molar-refractivity contribution in [2.45, 2.75) is 13.3 Å². The number of anilines is 1. The second-order valence-corrected chi connectivity index (χ2v) is 7.23. The van der Waals surface area contributed by atoms with Crippen LogP contribution in [0.2, 0.25) is 0 Å². The minimum absolute atomic E-state index is 0.344. The van der Waals surface area contributed by atoms with Gasteiger partial charge in [-0.05, 0) is 54.4 Å². The maximum absolute atomic E-state index is 5.57. The van der Waals surface area contributed by atoms with Crippen molar-refractivity contribution in [3.05, 3.63) is 52.5 Å². The Morgan fingerprint density at radius 3 is 2.79 bits per heavy atom. The molecule has 4 aromatic rings. The van der Waals surface area contributed by atoms with E-state index in [-0.39, 0.29) is 0 Å². The van der Waals surface area contributed by atoms with Crippen LogP contribution in [0.5, 0.6) is 5.75 Å². The Morgan fingerprint density at radius 2 is 2.00 bits per heavy atom. The number of nitrogens with zero attached hydrogens (tertiary/aromatic N) is 5. The van der Waals surface area contributed by atoms with Crippen LogP contribution < -0.4 is 10.2 Å². The van der Waals surface area contributed by atoms with Gasteiger partial charge in [0.1, 0.15) is 11.3 Å². The summed E-state index contributed by atoms with van der Waals surface area (Å²) in [4.78, 5) is 4.55. The van der Waals surface area contributed by atoms with Gasteiger partial charge in [-0.3, -0.25) is 0 Å². The molecule has 0 unspecified atom stereocenters. The number of aromatic nitrogens is 4. The Labute approximate surface area is 170 Å². The molecule has 0 saturated heterocycles. The minimum atomic E-state index is 0.344. The van der Waals surface area contributed by atoms with Crippen LogP contribution in [0.3, 0.4) is 0 Å². The molecular formula is C20H19BrN6O. The summed E-state index contributed by atoms with van der Waals surface area (Å²) in [6, 6.07) is 13.8. The van der Waals surface area contributed by atoms with E-state index in [9.17, 15) is 0 Å². The van der Waals surface area contributed by atoms with Gasteiger partial charge in [0.05, 0.1) is 18.3 Å². The van der Waals surface area contributed by atoms with Gasteiger partial charge in [0.2, 0.25) is 0 Å².